The Hall–Kier alpha value is -1.14. The van der Waals surface area contributed by atoms with Crippen molar-refractivity contribution in [3.63, 3.8) is 0 Å². The number of hydrogen-bond acceptors (Lipinski definition) is 1. The van der Waals surface area contributed by atoms with Crippen molar-refractivity contribution in [1.82, 2.24) is 0 Å². The van der Waals surface area contributed by atoms with Gasteiger partial charge in [0, 0.05) is 5.69 Å². The Morgan fingerprint density at radius 1 is 1.58 bits per heavy atom. The largest absolute Gasteiger partial charge is 0.323 e. The molecule has 1 rings (SSSR count). The van der Waals surface area contributed by atoms with Gasteiger partial charge in [-0.2, -0.15) is 0 Å². The Morgan fingerprint density at radius 3 is 2.92 bits per heavy atom. The van der Waals surface area contributed by atoms with E-state index in [2.05, 4.69) is 21.1 Å². The van der Waals surface area contributed by atoms with E-state index in [1.54, 1.807) is 0 Å². The summed E-state index contributed by atoms with van der Waals surface area (Å²) in [5, 5.41) is 3.70. The van der Waals surface area contributed by atoms with Crippen molar-refractivity contribution in [2.24, 2.45) is 0 Å². The van der Waals surface area contributed by atoms with Crippen LogP contribution in [0.5, 0.6) is 0 Å². The molecule has 1 N–H and O–H groups in total. The van der Waals surface area contributed by atoms with Crippen LogP contribution in [0.2, 0.25) is 0 Å². The molecule has 3 heteroatoms. The van der Waals surface area contributed by atoms with Crippen LogP contribution in [-0.4, -0.2) is 5.91 Å². The van der Waals surface area contributed by atoms with Gasteiger partial charge in [0.15, 0.2) is 0 Å². The van der Waals surface area contributed by atoms with E-state index in [9.17, 15) is 4.79 Å². The van der Waals surface area contributed by atoms with E-state index in [0.29, 0.717) is 0 Å². The van der Waals surface area contributed by atoms with Crippen LogP contribution >= 0.6 is 9.24 Å². The Balaban J connectivity index is 2.76. The number of anilines is 1. The lowest BCUT2D eigenvalue weighted by Crippen LogP contribution is -2.08. The van der Waals surface area contributed by atoms with Gasteiger partial charge >= 0.3 is 0 Å². The summed E-state index contributed by atoms with van der Waals surface area (Å²) in [6, 6.07) is 7.51. The Labute approximate surface area is 73.9 Å². The summed E-state index contributed by atoms with van der Waals surface area (Å²) in [6.07, 6.45) is 1.25. The van der Waals surface area contributed by atoms with Crippen LogP contribution in [-0.2, 0) is 4.79 Å². The summed E-state index contributed by atoms with van der Waals surface area (Å²) in [7, 11) is 2.56. The molecule has 0 bridgehead atoms. The van der Waals surface area contributed by atoms with Crippen LogP contribution in [0.25, 0.3) is 0 Å². The van der Waals surface area contributed by atoms with Crippen LogP contribution < -0.4 is 10.6 Å². The second-order valence-corrected chi connectivity index (χ2v) is 2.99. The molecule has 0 fully saturated rings. The predicted octanol–water partition coefficient (Wildman–Crippen LogP) is 1.31. The number of amides is 1. The third-order valence-corrected chi connectivity index (χ3v) is 1.70. The molecule has 1 aromatic carbocycles. The fraction of sp³-hybridized carbons (Fsp3) is 0. The molecule has 0 aliphatic carbocycles. The van der Waals surface area contributed by atoms with E-state index in [4.69, 9.17) is 0 Å². The van der Waals surface area contributed by atoms with Crippen molar-refractivity contribution in [3.05, 3.63) is 36.9 Å². The van der Waals surface area contributed by atoms with E-state index < -0.39 is 0 Å². The summed E-state index contributed by atoms with van der Waals surface area (Å²) < 4.78 is 0. The summed E-state index contributed by atoms with van der Waals surface area (Å²) in [6.45, 7) is 3.36. The second-order valence-electron chi connectivity index (χ2n) is 2.32. The molecule has 0 heterocycles. The van der Waals surface area contributed by atoms with E-state index >= 15 is 0 Å². The Kier molecular flexibility index (Phi) is 3.01. The average molecular weight is 179 g/mol. The maximum atomic E-state index is 10.9. The molecule has 1 amide bonds. The van der Waals surface area contributed by atoms with E-state index in [1.165, 1.54) is 6.08 Å². The molecule has 0 aliphatic rings. The summed E-state index contributed by atoms with van der Waals surface area (Å²) in [5.41, 5.74) is 0.785. The number of nitrogens with one attached hydrogen (secondary N) is 1. The van der Waals surface area contributed by atoms with Gasteiger partial charge in [-0.3, -0.25) is 4.79 Å². The summed E-state index contributed by atoms with van der Waals surface area (Å²) in [4.78, 5) is 10.9. The molecule has 0 radical (unpaired) electrons. The van der Waals surface area contributed by atoms with Gasteiger partial charge in [0.25, 0.3) is 0 Å². The van der Waals surface area contributed by atoms with Crippen molar-refractivity contribution in [2.75, 3.05) is 5.32 Å². The van der Waals surface area contributed by atoms with Crippen molar-refractivity contribution >= 4 is 26.1 Å². The molecule has 62 valence electrons. The number of carbonyl (C=O) groups is 1. The highest BCUT2D eigenvalue weighted by atomic mass is 31.0. The molecule has 0 aliphatic heterocycles. The number of rotatable bonds is 2. The monoisotopic (exact) mass is 179 g/mol. The molecule has 1 atom stereocenters. The van der Waals surface area contributed by atoms with Gasteiger partial charge in [0.05, 0.1) is 0 Å². The predicted molar refractivity (Wildman–Crippen MR) is 54.6 cm³/mol. The Morgan fingerprint density at radius 2 is 2.33 bits per heavy atom. The van der Waals surface area contributed by atoms with Crippen LogP contribution in [0.3, 0.4) is 0 Å². The fourth-order valence-electron chi connectivity index (χ4n) is 0.810. The highest BCUT2D eigenvalue weighted by molar-refractivity contribution is 7.27. The first-order valence-corrected chi connectivity index (χ1v) is 4.09. The first-order valence-electron chi connectivity index (χ1n) is 3.51. The third-order valence-electron chi connectivity index (χ3n) is 1.34. The van der Waals surface area contributed by atoms with Gasteiger partial charge in [-0.05, 0) is 23.5 Å². The molecular weight excluding hydrogens is 169 g/mol. The van der Waals surface area contributed by atoms with Crippen LogP contribution in [0.4, 0.5) is 5.69 Å². The van der Waals surface area contributed by atoms with Gasteiger partial charge in [0.1, 0.15) is 0 Å². The van der Waals surface area contributed by atoms with Crippen LogP contribution in [0.1, 0.15) is 0 Å². The first-order chi connectivity index (χ1) is 5.72. The lowest BCUT2D eigenvalue weighted by molar-refractivity contribution is -0.111. The molecule has 1 aromatic rings. The molecule has 2 nitrogen and oxygen atoms in total. The van der Waals surface area contributed by atoms with Crippen LogP contribution in [0, 0.1) is 0 Å². The molecule has 0 spiro atoms. The van der Waals surface area contributed by atoms with Gasteiger partial charge in [-0.1, -0.05) is 18.7 Å². The molecule has 1 unspecified atom stereocenters. The zero-order chi connectivity index (χ0) is 8.97. The van der Waals surface area contributed by atoms with Crippen LogP contribution in [0.15, 0.2) is 36.9 Å². The van der Waals surface area contributed by atoms with Crippen molar-refractivity contribution in [3.8, 4) is 0 Å². The number of benzene rings is 1. The van der Waals surface area contributed by atoms with E-state index in [1.807, 2.05) is 24.3 Å². The topological polar surface area (TPSA) is 29.1 Å². The minimum Gasteiger partial charge on any atom is -0.323 e. The second kappa shape index (κ2) is 4.03. The van der Waals surface area contributed by atoms with Crippen molar-refractivity contribution in [2.45, 2.75) is 0 Å². The van der Waals surface area contributed by atoms with Crippen molar-refractivity contribution in [1.29, 1.82) is 0 Å². The lowest BCUT2D eigenvalue weighted by Gasteiger charge is -2.01. The zero-order valence-corrected chi connectivity index (χ0v) is 7.73. The third kappa shape index (κ3) is 2.48. The van der Waals surface area contributed by atoms with Crippen molar-refractivity contribution < 1.29 is 4.79 Å². The first kappa shape index (κ1) is 8.95. The maximum Gasteiger partial charge on any atom is 0.247 e. The fourth-order valence-corrected chi connectivity index (χ4v) is 1.10. The highest BCUT2D eigenvalue weighted by Gasteiger charge is 1.95. The zero-order valence-electron chi connectivity index (χ0n) is 6.58. The molecule has 0 aromatic heterocycles. The normalized spacial score (nSPS) is 9.08. The summed E-state index contributed by atoms with van der Waals surface area (Å²) in [5.74, 6) is -0.189. The quantitative estimate of drug-likeness (QED) is 0.538. The molecular formula is C9H10NOP. The highest BCUT2D eigenvalue weighted by Crippen LogP contribution is 2.05. The van der Waals surface area contributed by atoms with E-state index in [-0.39, 0.29) is 5.91 Å². The molecule has 0 saturated carbocycles. The minimum atomic E-state index is -0.189. The smallest absolute Gasteiger partial charge is 0.247 e. The minimum absolute atomic E-state index is 0.189. The van der Waals surface area contributed by atoms with Gasteiger partial charge in [0.2, 0.25) is 5.91 Å². The van der Waals surface area contributed by atoms with Gasteiger partial charge in [-0.15, -0.1) is 9.24 Å². The molecule has 0 saturated heterocycles. The van der Waals surface area contributed by atoms with Gasteiger partial charge in [-0.25, -0.2) is 0 Å². The Bertz CT molecular complexity index is 309. The lowest BCUT2D eigenvalue weighted by atomic mass is 10.3. The summed E-state index contributed by atoms with van der Waals surface area (Å²) >= 11 is 0. The standard InChI is InChI=1S/C9H10NOP/c1-2-9(11)10-7-4-3-5-8(12)6-7/h2-6H,1,12H2,(H,10,11). The number of carbonyl (C=O) groups excluding carboxylic acids is 1. The maximum absolute atomic E-state index is 10.9. The number of hydrogen-bond donors (Lipinski definition) is 1. The average Bonchev–Trinajstić information content (AvgIpc) is 2.04. The molecule has 12 heavy (non-hydrogen) atoms. The van der Waals surface area contributed by atoms with E-state index in [0.717, 1.165) is 11.0 Å². The SMILES string of the molecule is C=CC(=O)Nc1cccc(P)c1. The van der Waals surface area contributed by atoms with Gasteiger partial charge < -0.3 is 5.32 Å².